The summed E-state index contributed by atoms with van der Waals surface area (Å²) in [5.74, 6) is 0.685. The number of carbonyl (C=O) groups excluding carboxylic acids is 2. The summed E-state index contributed by atoms with van der Waals surface area (Å²) in [5.41, 5.74) is 1.62. The first kappa shape index (κ1) is 23.5. The Balaban J connectivity index is 2.04. The number of unbranched alkanes of at least 4 members (excludes halogenated alkanes) is 1. The molecule has 2 rings (SSSR count). The third-order valence-electron chi connectivity index (χ3n) is 4.53. The van der Waals surface area contributed by atoms with Gasteiger partial charge in [-0.1, -0.05) is 60.7 Å². The van der Waals surface area contributed by atoms with E-state index < -0.39 is 30.1 Å². The van der Waals surface area contributed by atoms with Gasteiger partial charge in [-0.05, 0) is 24.0 Å². The largest absolute Gasteiger partial charge is 0.480 e. The average molecular weight is 422 g/mol. The second kappa shape index (κ2) is 12.7. The van der Waals surface area contributed by atoms with Crippen LogP contribution < -0.4 is 10.6 Å². The van der Waals surface area contributed by atoms with E-state index >= 15 is 0 Å². The van der Waals surface area contributed by atoms with Gasteiger partial charge in [0.25, 0.3) is 0 Å². The highest BCUT2D eigenvalue weighted by Gasteiger charge is 2.27. The smallest absolute Gasteiger partial charge is 0.408 e. The molecule has 0 spiro atoms. The minimum absolute atomic E-state index is 0.0518. The number of hydrogen-bond donors (Lipinski definition) is 3. The zero-order valence-corrected chi connectivity index (χ0v) is 17.1. The van der Waals surface area contributed by atoms with Gasteiger partial charge in [-0.25, -0.2) is 9.59 Å². The van der Waals surface area contributed by atoms with Gasteiger partial charge in [-0.3, -0.25) is 4.79 Å². The Morgan fingerprint density at radius 1 is 0.935 bits per heavy atom. The van der Waals surface area contributed by atoms with Crippen molar-refractivity contribution in [2.45, 2.75) is 44.4 Å². The minimum atomic E-state index is -1.16. The van der Waals surface area contributed by atoms with Crippen LogP contribution in [0.15, 0.2) is 60.7 Å². The molecule has 0 heterocycles. The van der Waals surface area contributed by atoms with E-state index in [1.807, 2.05) is 60.7 Å². The number of rotatable bonds is 11. The molecule has 2 atom stereocenters. The number of benzene rings is 2. The molecule has 2 aromatic rings. The number of aliphatic carboxylic acids is 1. The molecule has 0 fully saturated rings. The second-order valence-corrected chi connectivity index (χ2v) is 6.94. The summed E-state index contributed by atoms with van der Waals surface area (Å²) in [5, 5.41) is 14.5. The lowest BCUT2D eigenvalue weighted by Crippen LogP contribution is -2.52. The molecule has 0 saturated heterocycles. The van der Waals surface area contributed by atoms with Crippen LogP contribution in [-0.4, -0.2) is 35.2 Å². The van der Waals surface area contributed by atoms with Crippen LogP contribution in [0.1, 0.15) is 30.4 Å². The number of nitrogens with one attached hydrogen (secondary N) is 2. The zero-order chi connectivity index (χ0) is 22.5. The molecule has 7 nitrogen and oxygen atoms in total. The maximum Gasteiger partial charge on any atom is 0.408 e. The van der Waals surface area contributed by atoms with Crippen LogP contribution in [0.25, 0.3) is 0 Å². The van der Waals surface area contributed by atoms with Gasteiger partial charge in [0, 0.05) is 12.8 Å². The van der Waals surface area contributed by atoms with Crippen molar-refractivity contribution in [1.82, 2.24) is 10.6 Å². The van der Waals surface area contributed by atoms with E-state index in [-0.39, 0.29) is 19.4 Å². The Kier molecular flexibility index (Phi) is 9.63. The predicted octanol–water partition coefficient (Wildman–Crippen LogP) is 2.90. The zero-order valence-electron chi connectivity index (χ0n) is 17.1. The molecule has 0 bridgehead atoms. The maximum atomic E-state index is 12.8. The molecular weight excluding hydrogens is 396 g/mol. The molecule has 31 heavy (non-hydrogen) atoms. The van der Waals surface area contributed by atoms with Gasteiger partial charge in [0.15, 0.2) is 0 Å². The number of amides is 2. The molecule has 2 amide bonds. The number of ether oxygens (including phenoxy) is 1. The van der Waals surface area contributed by atoms with Gasteiger partial charge in [0.2, 0.25) is 5.91 Å². The van der Waals surface area contributed by atoms with Gasteiger partial charge in [0.1, 0.15) is 18.7 Å². The third kappa shape index (κ3) is 8.62. The van der Waals surface area contributed by atoms with Crippen molar-refractivity contribution in [3.8, 4) is 12.3 Å². The molecule has 162 valence electrons. The standard InChI is InChI=1S/C24H26N2O5/c1-2-3-6-15-20(23(28)29)25-22(27)21(16-18-11-7-4-8-12-18)26-24(30)31-17-19-13-9-5-10-14-19/h1,4-5,7-14,20-21H,3,6,15-17H2,(H,25,27)(H,26,30)(H,28,29)/t20-,21-/m1/s1. The number of alkyl carbamates (subject to hydrolysis) is 1. The van der Waals surface area contributed by atoms with E-state index in [0.717, 1.165) is 11.1 Å². The molecular formula is C24H26N2O5. The summed E-state index contributed by atoms with van der Waals surface area (Å²) in [7, 11) is 0. The molecule has 0 saturated carbocycles. The third-order valence-corrected chi connectivity index (χ3v) is 4.53. The SMILES string of the molecule is C#CCCC[C@@H](NC(=O)[C@@H](Cc1ccccc1)NC(=O)OCc1ccccc1)C(=O)O. The number of hydrogen-bond acceptors (Lipinski definition) is 4. The van der Waals surface area contributed by atoms with Crippen LogP contribution in [0.3, 0.4) is 0 Å². The fraction of sp³-hybridized carbons (Fsp3) is 0.292. The number of carbonyl (C=O) groups is 3. The summed E-state index contributed by atoms with van der Waals surface area (Å²) in [6, 6.07) is 16.2. The second-order valence-electron chi connectivity index (χ2n) is 6.94. The predicted molar refractivity (Wildman–Crippen MR) is 116 cm³/mol. The molecule has 0 aromatic heterocycles. The van der Waals surface area contributed by atoms with Crippen molar-refractivity contribution in [3.63, 3.8) is 0 Å². The lowest BCUT2D eigenvalue weighted by Gasteiger charge is -2.21. The highest BCUT2D eigenvalue weighted by Crippen LogP contribution is 2.07. The van der Waals surface area contributed by atoms with Gasteiger partial charge in [-0.2, -0.15) is 0 Å². The highest BCUT2D eigenvalue weighted by molar-refractivity contribution is 5.89. The molecule has 3 N–H and O–H groups in total. The first-order valence-electron chi connectivity index (χ1n) is 9.97. The number of carboxylic acids is 1. The van der Waals surface area contributed by atoms with Crippen LogP contribution in [-0.2, 0) is 27.4 Å². The summed E-state index contributed by atoms with van der Waals surface area (Å²) < 4.78 is 5.21. The molecule has 0 radical (unpaired) electrons. The monoisotopic (exact) mass is 422 g/mol. The molecule has 0 unspecified atom stereocenters. The van der Waals surface area contributed by atoms with E-state index in [0.29, 0.717) is 12.8 Å². The lowest BCUT2D eigenvalue weighted by atomic mass is 10.0. The van der Waals surface area contributed by atoms with Crippen molar-refractivity contribution in [3.05, 3.63) is 71.8 Å². The van der Waals surface area contributed by atoms with E-state index in [2.05, 4.69) is 16.6 Å². The number of carboxylic acid groups (broad SMARTS) is 1. The van der Waals surface area contributed by atoms with Crippen molar-refractivity contribution in [2.24, 2.45) is 0 Å². The summed E-state index contributed by atoms with van der Waals surface area (Å²) in [6.07, 6.45) is 5.70. The fourth-order valence-electron chi connectivity index (χ4n) is 2.90. The molecule has 0 aliphatic carbocycles. The van der Waals surface area contributed by atoms with Crippen molar-refractivity contribution in [1.29, 1.82) is 0 Å². The van der Waals surface area contributed by atoms with Gasteiger partial charge in [-0.15, -0.1) is 12.3 Å². The maximum absolute atomic E-state index is 12.8. The van der Waals surface area contributed by atoms with Crippen LogP contribution in [0, 0.1) is 12.3 Å². The Labute approximate surface area is 181 Å². The Morgan fingerprint density at radius 2 is 1.55 bits per heavy atom. The highest BCUT2D eigenvalue weighted by atomic mass is 16.5. The Morgan fingerprint density at radius 3 is 2.13 bits per heavy atom. The van der Waals surface area contributed by atoms with Crippen LogP contribution in [0.4, 0.5) is 4.79 Å². The van der Waals surface area contributed by atoms with E-state index in [1.54, 1.807) is 0 Å². The summed E-state index contributed by atoms with van der Waals surface area (Å²) in [6.45, 7) is 0.0518. The fourth-order valence-corrected chi connectivity index (χ4v) is 2.90. The molecule has 0 aliphatic rings. The minimum Gasteiger partial charge on any atom is -0.480 e. The first-order chi connectivity index (χ1) is 15.0. The van der Waals surface area contributed by atoms with Crippen molar-refractivity contribution in [2.75, 3.05) is 0 Å². The Bertz CT molecular complexity index is 893. The Hall–Kier alpha value is -3.79. The summed E-state index contributed by atoms with van der Waals surface area (Å²) in [4.78, 5) is 36.6. The lowest BCUT2D eigenvalue weighted by molar-refractivity contribution is -0.142. The van der Waals surface area contributed by atoms with Crippen LogP contribution >= 0.6 is 0 Å². The molecule has 0 aliphatic heterocycles. The van der Waals surface area contributed by atoms with Crippen LogP contribution in [0.2, 0.25) is 0 Å². The molecule has 2 aromatic carbocycles. The number of terminal acetylenes is 1. The first-order valence-corrected chi connectivity index (χ1v) is 9.97. The van der Waals surface area contributed by atoms with Crippen LogP contribution in [0.5, 0.6) is 0 Å². The van der Waals surface area contributed by atoms with Gasteiger partial charge in [0.05, 0.1) is 0 Å². The average Bonchev–Trinajstić information content (AvgIpc) is 2.78. The van der Waals surface area contributed by atoms with Crippen molar-refractivity contribution >= 4 is 18.0 Å². The quantitative estimate of drug-likeness (QED) is 0.382. The van der Waals surface area contributed by atoms with Gasteiger partial charge >= 0.3 is 12.1 Å². The molecule has 7 heteroatoms. The van der Waals surface area contributed by atoms with Crippen molar-refractivity contribution < 1.29 is 24.2 Å². The van der Waals surface area contributed by atoms with Gasteiger partial charge < -0.3 is 20.5 Å². The topological polar surface area (TPSA) is 105 Å². The summed E-state index contributed by atoms with van der Waals surface area (Å²) >= 11 is 0. The van der Waals surface area contributed by atoms with E-state index in [4.69, 9.17) is 11.2 Å². The van der Waals surface area contributed by atoms with E-state index in [9.17, 15) is 19.5 Å². The van der Waals surface area contributed by atoms with E-state index in [1.165, 1.54) is 0 Å². The normalized spacial score (nSPS) is 12.1.